The molecule has 1 aromatic carbocycles. The Labute approximate surface area is 78.0 Å². The number of ketones is 1. The van der Waals surface area contributed by atoms with Gasteiger partial charge in [-0.15, -0.1) is 0 Å². The molecule has 0 bridgehead atoms. The van der Waals surface area contributed by atoms with Crippen LogP contribution in [0.2, 0.25) is 0 Å². The van der Waals surface area contributed by atoms with Crippen LogP contribution in [-0.2, 0) is 6.18 Å². The van der Waals surface area contributed by atoms with Crippen molar-refractivity contribution >= 4 is 5.78 Å². The molecule has 0 unspecified atom stereocenters. The van der Waals surface area contributed by atoms with Crippen LogP contribution < -0.4 is 0 Å². The Morgan fingerprint density at radius 3 is 2.36 bits per heavy atom. The summed E-state index contributed by atoms with van der Waals surface area (Å²) < 4.78 is 36.9. The molecule has 0 fully saturated rings. The number of aliphatic hydroxyl groups excluding tert-OH is 1. The average Bonchev–Trinajstić information content (AvgIpc) is 2.15. The minimum atomic E-state index is -4.57. The zero-order valence-corrected chi connectivity index (χ0v) is 7.01. The Balaban J connectivity index is 3.23. The van der Waals surface area contributed by atoms with E-state index in [0.29, 0.717) is 0 Å². The minimum Gasteiger partial charge on any atom is -0.388 e. The van der Waals surface area contributed by atoms with Gasteiger partial charge in [-0.05, 0) is 6.07 Å². The lowest BCUT2D eigenvalue weighted by Gasteiger charge is -2.10. The lowest BCUT2D eigenvalue weighted by atomic mass is 10.0. The Bertz CT molecular complexity index is 344. The highest BCUT2D eigenvalue weighted by atomic mass is 19.4. The number of aliphatic hydroxyl groups is 1. The van der Waals surface area contributed by atoms with Crippen molar-refractivity contribution in [3.05, 3.63) is 35.4 Å². The summed E-state index contributed by atoms with van der Waals surface area (Å²) in [6.45, 7) is -0.924. The quantitative estimate of drug-likeness (QED) is 0.747. The van der Waals surface area contributed by atoms with Crippen molar-refractivity contribution in [1.82, 2.24) is 0 Å². The first-order valence-electron chi connectivity index (χ1n) is 3.77. The van der Waals surface area contributed by atoms with Gasteiger partial charge in [0.15, 0.2) is 5.78 Å². The van der Waals surface area contributed by atoms with Crippen LogP contribution in [0, 0.1) is 0 Å². The number of carbonyl (C=O) groups is 1. The molecule has 0 atom stereocenters. The van der Waals surface area contributed by atoms with Gasteiger partial charge in [-0.2, -0.15) is 13.2 Å². The van der Waals surface area contributed by atoms with Gasteiger partial charge in [0.05, 0.1) is 5.56 Å². The number of benzene rings is 1. The number of alkyl halides is 3. The number of hydrogen-bond acceptors (Lipinski definition) is 2. The van der Waals surface area contributed by atoms with E-state index < -0.39 is 29.7 Å². The first-order valence-corrected chi connectivity index (χ1v) is 3.77. The molecule has 0 saturated heterocycles. The smallest absolute Gasteiger partial charge is 0.388 e. The molecule has 0 heterocycles. The fourth-order valence-electron chi connectivity index (χ4n) is 1.06. The first kappa shape index (κ1) is 10.7. The van der Waals surface area contributed by atoms with Gasteiger partial charge in [0, 0.05) is 5.56 Å². The molecule has 1 rings (SSSR count). The molecular formula is C9H7F3O2. The maximum absolute atomic E-state index is 12.3. The van der Waals surface area contributed by atoms with Crippen molar-refractivity contribution < 1.29 is 23.1 Å². The lowest BCUT2D eigenvalue weighted by Crippen LogP contribution is -2.14. The van der Waals surface area contributed by atoms with Gasteiger partial charge in [0.2, 0.25) is 0 Å². The number of Topliss-reactive ketones (excluding diaryl/α,β-unsaturated/α-hetero) is 1. The molecular weight excluding hydrogens is 197 g/mol. The molecule has 0 aliphatic heterocycles. The Morgan fingerprint density at radius 1 is 1.29 bits per heavy atom. The van der Waals surface area contributed by atoms with Crippen LogP contribution in [0.4, 0.5) is 13.2 Å². The van der Waals surface area contributed by atoms with Gasteiger partial charge >= 0.3 is 6.18 Å². The van der Waals surface area contributed by atoms with Gasteiger partial charge in [-0.3, -0.25) is 4.79 Å². The van der Waals surface area contributed by atoms with E-state index in [2.05, 4.69) is 0 Å². The van der Waals surface area contributed by atoms with Crippen LogP contribution in [0.3, 0.4) is 0 Å². The maximum atomic E-state index is 12.3. The van der Waals surface area contributed by atoms with Gasteiger partial charge in [-0.25, -0.2) is 0 Å². The number of rotatable bonds is 2. The molecule has 5 heteroatoms. The zero-order valence-electron chi connectivity index (χ0n) is 7.01. The van der Waals surface area contributed by atoms with Crippen molar-refractivity contribution in [3.63, 3.8) is 0 Å². The van der Waals surface area contributed by atoms with E-state index in [1.807, 2.05) is 0 Å². The minimum absolute atomic E-state index is 0.498. The second-order valence-electron chi connectivity index (χ2n) is 2.62. The summed E-state index contributed by atoms with van der Waals surface area (Å²) in [6, 6.07) is 4.36. The summed E-state index contributed by atoms with van der Waals surface area (Å²) in [5, 5.41) is 8.46. The molecule has 0 saturated carbocycles. The molecule has 0 amide bonds. The highest BCUT2D eigenvalue weighted by Crippen LogP contribution is 2.31. The molecule has 14 heavy (non-hydrogen) atoms. The van der Waals surface area contributed by atoms with E-state index in [1.165, 1.54) is 12.1 Å². The van der Waals surface area contributed by atoms with Crippen molar-refractivity contribution in [2.45, 2.75) is 6.18 Å². The van der Waals surface area contributed by atoms with Gasteiger partial charge < -0.3 is 5.11 Å². The third-order valence-electron chi connectivity index (χ3n) is 1.68. The van der Waals surface area contributed by atoms with E-state index in [9.17, 15) is 18.0 Å². The third kappa shape index (κ3) is 2.11. The average molecular weight is 204 g/mol. The normalized spacial score (nSPS) is 11.4. The molecule has 1 N–H and O–H groups in total. The fourth-order valence-corrected chi connectivity index (χ4v) is 1.06. The third-order valence-corrected chi connectivity index (χ3v) is 1.68. The van der Waals surface area contributed by atoms with E-state index in [-0.39, 0.29) is 0 Å². The lowest BCUT2D eigenvalue weighted by molar-refractivity contribution is -0.137. The van der Waals surface area contributed by atoms with Crippen molar-refractivity contribution in [1.29, 1.82) is 0 Å². The SMILES string of the molecule is O=C(CO)c1ccccc1C(F)(F)F. The van der Waals surface area contributed by atoms with E-state index in [1.54, 1.807) is 0 Å². The molecule has 0 aromatic heterocycles. The summed E-state index contributed by atoms with van der Waals surface area (Å²) >= 11 is 0. The Morgan fingerprint density at radius 2 is 1.86 bits per heavy atom. The molecule has 0 radical (unpaired) electrons. The molecule has 0 spiro atoms. The van der Waals surface area contributed by atoms with Crippen molar-refractivity contribution in [3.8, 4) is 0 Å². The monoisotopic (exact) mass is 204 g/mol. The highest BCUT2D eigenvalue weighted by molar-refractivity contribution is 5.98. The van der Waals surface area contributed by atoms with Crippen LogP contribution in [0.15, 0.2) is 24.3 Å². The van der Waals surface area contributed by atoms with E-state index in [0.717, 1.165) is 12.1 Å². The van der Waals surface area contributed by atoms with Crippen LogP contribution >= 0.6 is 0 Å². The second-order valence-corrected chi connectivity index (χ2v) is 2.62. The van der Waals surface area contributed by atoms with Crippen molar-refractivity contribution in [2.24, 2.45) is 0 Å². The Kier molecular flexibility index (Phi) is 2.90. The predicted octanol–water partition coefficient (Wildman–Crippen LogP) is 1.88. The standard InChI is InChI=1S/C9H7F3O2/c10-9(11,12)7-4-2-1-3-6(7)8(14)5-13/h1-4,13H,5H2. The summed E-state index contributed by atoms with van der Waals surface area (Å²) in [5.41, 5.74) is -1.51. The molecule has 0 aliphatic rings. The maximum Gasteiger partial charge on any atom is 0.417 e. The molecule has 76 valence electrons. The van der Waals surface area contributed by atoms with Gasteiger partial charge in [0.1, 0.15) is 6.61 Å². The molecule has 1 aromatic rings. The van der Waals surface area contributed by atoms with Crippen LogP contribution in [-0.4, -0.2) is 17.5 Å². The molecule has 2 nitrogen and oxygen atoms in total. The van der Waals surface area contributed by atoms with Crippen molar-refractivity contribution in [2.75, 3.05) is 6.61 Å². The first-order chi connectivity index (χ1) is 6.46. The fraction of sp³-hybridized carbons (Fsp3) is 0.222. The summed E-state index contributed by atoms with van der Waals surface area (Å²) in [7, 11) is 0. The number of carbonyl (C=O) groups excluding carboxylic acids is 1. The van der Waals surface area contributed by atoms with Crippen LogP contribution in [0.1, 0.15) is 15.9 Å². The zero-order chi connectivity index (χ0) is 10.8. The largest absolute Gasteiger partial charge is 0.417 e. The van der Waals surface area contributed by atoms with Crippen LogP contribution in [0.25, 0.3) is 0 Å². The summed E-state index contributed by atoms with van der Waals surface area (Å²) in [4.78, 5) is 10.9. The number of halogens is 3. The highest BCUT2D eigenvalue weighted by Gasteiger charge is 2.34. The topological polar surface area (TPSA) is 37.3 Å². The van der Waals surface area contributed by atoms with E-state index in [4.69, 9.17) is 5.11 Å². The molecule has 0 aliphatic carbocycles. The van der Waals surface area contributed by atoms with Gasteiger partial charge in [-0.1, -0.05) is 18.2 Å². The second kappa shape index (κ2) is 3.79. The predicted molar refractivity (Wildman–Crippen MR) is 42.9 cm³/mol. The van der Waals surface area contributed by atoms with E-state index >= 15 is 0 Å². The van der Waals surface area contributed by atoms with Gasteiger partial charge in [0.25, 0.3) is 0 Å². The summed E-state index contributed by atoms with van der Waals surface area (Å²) in [5.74, 6) is -0.932. The number of hydrogen-bond donors (Lipinski definition) is 1. The summed E-state index contributed by atoms with van der Waals surface area (Å²) in [6.07, 6.45) is -4.57. The van der Waals surface area contributed by atoms with Crippen LogP contribution in [0.5, 0.6) is 0 Å². The Hall–Kier alpha value is -1.36.